The third kappa shape index (κ3) is 2.56. The van der Waals surface area contributed by atoms with Gasteiger partial charge in [0.05, 0.1) is 5.69 Å². The van der Waals surface area contributed by atoms with Crippen LogP contribution in [-0.2, 0) is 6.42 Å². The first-order chi connectivity index (χ1) is 6.84. The fourth-order valence-corrected chi connectivity index (χ4v) is 1.71. The molecule has 2 heterocycles. The topological polar surface area (TPSA) is 41.3 Å². The summed E-state index contributed by atoms with van der Waals surface area (Å²) in [6.45, 7) is 7.49. The molecular weight excluding hydrogens is 178 g/mol. The Labute approximate surface area is 84.3 Å². The summed E-state index contributed by atoms with van der Waals surface area (Å²) in [5, 5.41) is 3.34. The van der Waals surface area contributed by atoms with Crippen LogP contribution >= 0.6 is 0 Å². The van der Waals surface area contributed by atoms with E-state index in [2.05, 4.69) is 15.2 Å². The Kier molecular flexibility index (Phi) is 3.16. The van der Waals surface area contributed by atoms with Gasteiger partial charge in [-0.05, 0) is 6.92 Å². The zero-order chi connectivity index (χ0) is 9.80. The lowest BCUT2D eigenvalue weighted by Crippen LogP contribution is -2.44. The lowest BCUT2D eigenvalue weighted by atomic mass is 10.3. The molecule has 0 aromatic carbocycles. The monoisotopic (exact) mass is 195 g/mol. The van der Waals surface area contributed by atoms with Crippen LogP contribution in [-0.4, -0.2) is 42.6 Å². The Balaban J connectivity index is 1.76. The molecule has 0 bridgehead atoms. The van der Waals surface area contributed by atoms with E-state index >= 15 is 0 Å². The zero-order valence-electron chi connectivity index (χ0n) is 8.62. The molecule has 2 rings (SSSR count). The molecule has 1 aromatic heterocycles. The highest BCUT2D eigenvalue weighted by molar-refractivity contribution is 4.93. The molecule has 1 saturated heterocycles. The molecule has 1 fully saturated rings. The maximum atomic E-state index is 5.30. The number of nitrogens with zero attached hydrogens (tertiary/aromatic N) is 2. The number of aryl methyl sites for hydroxylation is 1. The second-order valence-corrected chi connectivity index (χ2v) is 3.72. The summed E-state index contributed by atoms with van der Waals surface area (Å²) in [6, 6.07) is 0. The average Bonchev–Trinajstić information content (AvgIpc) is 2.63. The summed E-state index contributed by atoms with van der Waals surface area (Å²) >= 11 is 0. The maximum absolute atomic E-state index is 5.30. The third-order valence-electron chi connectivity index (χ3n) is 2.52. The van der Waals surface area contributed by atoms with Crippen LogP contribution in [0.2, 0.25) is 0 Å². The highest BCUT2D eigenvalue weighted by atomic mass is 16.3. The zero-order valence-corrected chi connectivity index (χ0v) is 8.62. The van der Waals surface area contributed by atoms with Gasteiger partial charge in [0, 0.05) is 39.1 Å². The van der Waals surface area contributed by atoms with E-state index in [-0.39, 0.29) is 0 Å². The Morgan fingerprint density at radius 2 is 2.29 bits per heavy atom. The van der Waals surface area contributed by atoms with Crippen molar-refractivity contribution in [3.63, 3.8) is 0 Å². The molecule has 0 aliphatic carbocycles. The molecule has 1 aliphatic heterocycles. The van der Waals surface area contributed by atoms with Crippen LogP contribution in [0.5, 0.6) is 0 Å². The molecule has 0 unspecified atom stereocenters. The average molecular weight is 195 g/mol. The first kappa shape index (κ1) is 9.68. The lowest BCUT2D eigenvalue weighted by Gasteiger charge is -2.26. The van der Waals surface area contributed by atoms with Crippen molar-refractivity contribution in [2.75, 3.05) is 32.7 Å². The molecule has 4 heteroatoms. The van der Waals surface area contributed by atoms with Crippen molar-refractivity contribution in [2.45, 2.75) is 13.3 Å². The van der Waals surface area contributed by atoms with Gasteiger partial charge in [0.2, 0.25) is 0 Å². The Morgan fingerprint density at radius 1 is 1.50 bits per heavy atom. The number of hydrogen-bond acceptors (Lipinski definition) is 4. The van der Waals surface area contributed by atoms with Crippen LogP contribution in [0.25, 0.3) is 0 Å². The largest absolute Gasteiger partial charge is 0.449 e. The van der Waals surface area contributed by atoms with E-state index in [1.54, 1.807) is 6.26 Å². The minimum Gasteiger partial charge on any atom is -0.449 e. The number of rotatable bonds is 3. The van der Waals surface area contributed by atoms with Gasteiger partial charge in [-0.2, -0.15) is 0 Å². The summed E-state index contributed by atoms with van der Waals surface area (Å²) in [6.07, 6.45) is 2.64. The lowest BCUT2D eigenvalue weighted by molar-refractivity contribution is 0.238. The van der Waals surface area contributed by atoms with Gasteiger partial charge in [-0.25, -0.2) is 4.98 Å². The number of hydrogen-bond donors (Lipinski definition) is 1. The standard InChI is InChI=1S/C10H17N3O/c1-9-8-14-10(12-9)2-5-13-6-3-11-4-7-13/h8,11H,2-7H2,1H3. The van der Waals surface area contributed by atoms with Gasteiger partial charge in [0.15, 0.2) is 5.89 Å². The molecule has 0 amide bonds. The van der Waals surface area contributed by atoms with E-state index in [4.69, 9.17) is 4.42 Å². The molecule has 1 N–H and O–H groups in total. The highest BCUT2D eigenvalue weighted by Gasteiger charge is 2.10. The Hall–Kier alpha value is -0.870. The molecule has 0 spiro atoms. The van der Waals surface area contributed by atoms with Gasteiger partial charge in [0.25, 0.3) is 0 Å². The van der Waals surface area contributed by atoms with Crippen LogP contribution < -0.4 is 5.32 Å². The number of aromatic nitrogens is 1. The van der Waals surface area contributed by atoms with Crippen LogP contribution in [0, 0.1) is 6.92 Å². The minimum atomic E-state index is 0.862. The van der Waals surface area contributed by atoms with E-state index in [0.717, 1.165) is 50.7 Å². The first-order valence-corrected chi connectivity index (χ1v) is 5.19. The van der Waals surface area contributed by atoms with Crippen molar-refractivity contribution in [1.82, 2.24) is 15.2 Å². The van der Waals surface area contributed by atoms with Crippen molar-refractivity contribution in [1.29, 1.82) is 0 Å². The predicted octanol–water partition coefficient (Wildman–Crippen LogP) is 0.431. The van der Waals surface area contributed by atoms with Crippen molar-refractivity contribution in [3.8, 4) is 0 Å². The summed E-state index contributed by atoms with van der Waals surface area (Å²) in [4.78, 5) is 6.73. The van der Waals surface area contributed by atoms with Gasteiger partial charge in [0.1, 0.15) is 6.26 Å². The van der Waals surface area contributed by atoms with Crippen LogP contribution in [0.15, 0.2) is 10.7 Å². The van der Waals surface area contributed by atoms with Crippen LogP contribution in [0.4, 0.5) is 0 Å². The van der Waals surface area contributed by atoms with E-state index in [0.29, 0.717) is 0 Å². The smallest absolute Gasteiger partial charge is 0.195 e. The summed E-state index contributed by atoms with van der Waals surface area (Å²) in [5.41, 5.74) is 0.973. The summed E-state index contributed by atoms with van der Waals surface area (Å²) in [7, 11) is 0. The molecule has 1 aromatic rings. The highest BCUT2D eigenvalue weighted by Crippen LogP contribution is 2.02. The molecule has 1 aliphatic rings. The summed E-state index contributed by atoms with van der Waals surface area (Å²) in [5.74, 6) is 0.862. The molecular formula is C10H17N3O. The second-order valence-electron chi connectivity index (χ2n) is 3.72. The Bertz CT molecular complexity index is 279. The third-order valence-corrected chi connectivity index (χ3v) is 2.52. The first-order valence-electron chi connectivity index (χ1n) is 5.19. The fourth-order valence-electron chi connectivity index (χ4n) is 1.71. The van der Waals surface area contributed by atoms with E-state index in [9.17, 15) is 0 Å². The van der Waals surface area contributed by atoms with Crippen molar-refractivity contribution in [2.24, 2.45) is 0 Å². The molecule has 0 atom stereocenters. The van der Waals surface area contributed by atoms with Crippen molar-refractivity contribution >= 4 is 0 Å². The van der Waals surface area contributed by atoms with Crippen LogP contribution in [0.3, 0.4) is 0 Å². The predicted molar refractivity (Wildman–Crippen MR) is 54.3 cm³/mol. The van der Waals surface area contributed by atoms with Gasteiger partial charge >= 0.3 is 0 Å². The molecule has 78 valence electrons. The summed E-state index contributed by atoms with van der Waals surface area (Å²) < 4.78 is 5.30. The molecule has 0 radical (unpaired) electrons. The molecule has 14 heavy (non-hydrogen) atoms. The van der Waals surface area contributed by atoms with Gasteiger partial charge in [-0.15, -0.1) is 0 Å². The quantitative estimate of drug-likeness (QED) is 0.759. The fraction of sp³-hybridized carbons (Fsp3) is 0.700. The number of piperazine rings is 1. The maximum Gasteiger partial charge on any atom is 0.195 e. The van der Waals surface area contributed by atoms with Gasteiger partial charge in [-0.1, -0.05) is 0 Å². The van der Waals surface area contributed by atoms with E-state index < -0.39 is 0 Å². The van der Waals surface area contributed by atoms with Gasteiger partial charge in [-0.3, -0.25) is 0 Å². The van der Waals surface area contributed by atoms with E-state index in [1.165, 1.54) is 0 Å². The van der Waals surface area contributed by atoms with Crippen LogP contribution in [0.1, 0.15) is 11.6 Å². The molecule has 4 nitrogen and oxygen atoms in total. The normalized spacial score (nSPS) is 18.6. The van der Waals surface area contributed by atoms with Crippen molar-refractivity contribution < 1.29 is 4.42 Å². The number of nitrogens with one attached hydrogen (secondary N) is 1. The number of oxazole rings is 1. The van der Waals surface area contributed by atoms with Crippen molar-refractivity contribution in [3.05, 3.63) is 17.8 Å². The Morgan fingerprint density at radius 3 is 2.93 bits per heavy atom. The second kappa shape index (κ2) is 4.57. The SMILES string of the molecule is Cc1coc(CCN2CCNCC2)n1. The molecule has 0 saturated carbocycles. The van der Waals surface area contributed by atoms with E-state index in [1.807, 2.05) is 6.92 Å². The van der Waals surface area contributed by atoms with Gasteiger partial charge < -0.3 is 14.6 Å². The minimum absolute atomic E-state index is 0.862.